The highest BCUT2D eigenvalue weighted by atomic mass is 79.9. The average molecular weight is 310 g/mol. The van der Waals surface area contributed by atoms with Crippen LogP contribution >= 0.6 is 15.9 Å². The van der Waals surface area contributed by atoms with Crippen LogP contribution in [0.5, 0.6) is 5.75 Å². The number of fused-ring (bicyclic) bond motifs is 1. The van der Waals surface area contributed by atoms with Gasteiger partial charge in [0.15, 0.2) is 0 Å². The number of ether oxygens (including phenoxy) is 1. The van der Waals surface area contributed by atoms with Gasteiger partial charge in [-0.1, -0.05) is 28.9 Å². The lowest BCUT2D eigenvalue weighted by atomic mass is 9.73. The summed E-state index contributed by atoms with van der Waals surface area (Å²) in [6.45, 7) is 3.30. The molecule has 1 N–H and O–H groups in total. The van der Waals surface area contributed by atoms with Crippen molar-refractivity contribution in [1.82, 2.24) is 5.32 Å². The molecule has 1 aliphatic carbocycles. The number of hydrogen-bond acceptors (Lipinski definition) is 2. The smallest absolute Gasteiger partial charge is 0.126 e. The third kappa shape index (κ3) is 2.19. The summed E-state index contributed by atoms with van der Waals surface area (Å²) in [5.74, 6) is 1.07. The van der Waals surface area contributed by atoms with Gasteiger partial charge >= 0.3 is 0 Å². The Hall–Kier alpha value is -0.540. The summed E-state index contributed by atoms with van der Waals surface area (Å²) in [6, 6.07) is 6.89. The predicted octanol–water partition coefficient (Wildman–Crippen LogP) is 4.20. The number of halogens is 1. The molecule has 18 heavy (non-hydrogen) atoms. The van der Waals surface area contributed by atoms with Gasteiger partial charge in [-0.25, -0.2) is 0 Å². The topological polar surface area (TPSA) is 21.3 Å². The van der Waals surface area contributed by atoms with Gasteiger partial charge < -0.3 is 10.1 Å². The van der Waals surface area contributed by atoms with Gasteiger partial charge in [0.25, 0.3) is 0 Å². The Morgan fingerprint density at radius 1 is 1.44 bits per heavy atom. The number of hydrogen-bond donors (Lipinski definition) is 1. The Balaban J connectivity index is 1.90. The van der Waals surface area contributed by atoms with Gasteiger partial charge in [0, 0.05) is 22.5 Å². The Labute approximate surface area is 117 Å². The molecule has 0 radical (unpaired) electrons. The van der Waals surface area contributed by atoms with Crippen LogP contribution in [-0.4, -0.2) is 12.1 Å². The molecule has 0 aromatic heterocycles. The molecule has 1 spiro atoms. The molecule has 0 amide bonds. The molecule has 0 saturated heterocycles. The summed E-state index contributed by atoms with van der Waals surface area (Å²) in [5.41, 5.74) is 1.45. The van der Waals surface area contributed by atoms with E-state index in [0.29, 0.717) is 6.04 Å². The van der Waals surface area contributed by atoms with E-state index in [1.165, 1.54) is 31.2 Å². The maximum absolute atomic E-state index is 6.28. The van der Waals surface area contributed by atoms with Gasteiger partial charge in [-0.15, -0.1) is 0 Å². The first-order valence-electron chi connectivity index (χ1n) is 6.94. The molecule has 1 aromatic rings. The van der Waals surface area contributed by atoms with Gasteiger partial charge in [-0.3, -0.25) is 0 Å². The molecule has 2 aliphatic rings. The van der Waals surface area contributed by atoms with E-state index >= 15 is 0 Å². The van der Waals surface area contributed by atoms with Crippen molar-refractivity contribution in [2.45, 2.75) is 50.7 Å². The van der Waals surface area contributed by atoms with Crippen molar-refractivity contribution in [1.29, 1.82) is 0 Å². The Morgan fingerprint density at radius 3 is 2.94 bits per heavy atom. The maximum Gasteiger partial charge on any atom is 0.126 e. The van der Waals surface area contributed by atoms with Crippen molar-refractivity contribution in [2.24, 2.45) is 0 Å². The van der Waals surface area contributed by atoms with Gasteiger partial charge in [0.05, 0.1) is 0 Å². The highest BCUT2D eigenvalue weighted by Crippen LogP contribution is 2.49. The van der Waals surface area contributed by atoms with Crippen LogP contribution in [0, 0.1) is 0 Å². The third-order valence-corrected chi connectivity index (χ3v) is 4.65. The summed E-state index contributed by atoms with van der Waals surface area (Å²) in [6.07, 6.45) is 6.04. The predicted molar refractivity (Wildman–Crippen MR) is 77.0 cm³/mol. The van der Waals surface area contributed by atoms with Gasteiger partial charge in [0.1, 0.15) is 11.4 Å². The summed E-state index contributed by atoms with van der Waals surface area (Å²) in [5, 5.41) is 3.68. The first kappa shape index (κ1) is 12.5. The van der Waals surface area contributed by atoms with E-state index in [1.807, 2.05) is 0 Å². The summed E-state index contributed by atoms with van der Waals surface area (Å²) in [7, 11) is 0. The van der Waals surface area contributed by atoms with E-state index in [2.05, 4.69) is 46.4 Å². The molecule has 1 heterocycles. The van der Waals surface area contributed by atoms with Crippen LogP contribution in [0.25, 0.3) is 0 Å². The first-order valence-corrected chi connectivity index (χ1v) is 7.74. The molecule has 0 bridgehead atoms. The van der Waals surface area contributed by atoms with Crippen molar-refractivity contribution in [3.63, 3.8) is 0 Å². The van der Waals surface area contributed by atoms with E-state index in [1.54, 1.807) is 0 Å². The number of rotatable bonds is 3. The molecule has 1 aliphatic heterocycles. The minimum Gasteiger partial charge on any atom is -0.487 e. The molecule has 2 nitrogen and oxygen atoms in total. The Morgan fingerprint density at radius 2 is 2.28 bits per heavy atom. The highest BCUT2D eigenvalue weighted by molar-refractivity contribution is 9.10. The van der Waals surface area contributed by atoms with E-state index < -0.39 is 0 Å². The highest BCUT2D eigenvalue weighted by Gasteiger charge is 2.45. The van der Waals surface area contributed by atoms with Gasteiger partial charge in [0.2, 0.25) is 0 Å². The van der Waals surface area contributed by atoms with E-state index in [4.69, 9.17) is 4.74 Å². The quantitative estimate of drug-likeness (QED) is 0.903. The third-order valence-electron chi connectivity index (χ3n) is 4.16. The standard InChI is InChI=1S/C15H20BrNO/c1-2-8-17-13-10-15(6-3-7-15)18-14-9-11(16)4-5-12(13)14/h4-5,9,13,17H,2-3,6-8,10H2,1H3. The monoisotopic (exact) mass is 309 g/mol. The second-order valence-electron chi connectivity index (χ2n) is 5.53. The van der Waals surface area contributed by atoms with Crippen LogP contribution in [-0.2, 0) is 0 Å². The van der Waals surface area contributed by atoms with Crippen LogP contribution in [0.4, 0.5) is 0 Å². The normalized spacial score (nSPS) is 24.2. The Kier molecular flexibility index (Phi) is 3.37. The van der Waals surface area contributed by atoms with E-state index in [-0.39, 0.29) is 5.60 Å². The lowest BCUT2D eigenvalue weighted by molar-refractivity contribution is -0.0369. The second-order valence-corrected chi connectivity index (χ2v) is 6.45. The molecule has 98 valence electrons. The van der Waals surface area contributed by atoms with Crippen molar-refractivity contribution in [3.05, 3.63) is 28.2 Å². The van der Waals surface area contributed by atoms with Crippen molar-refractivity contribution in [3.8, 4) is 5.75 Å². The number of benzene rings is 1. The van der Waals surface area contributed by atoms with Crippen LogP contribution < -0.4 is 10.1 Å². The van der Waals surface area contributed by atoms with Crippen LogP contribution in [0.1, 0.15) is 50.6 Å². The molecule has 3 rings (SSSR count). The zero-order chi connectivity index (χ0) is 12.6. The molecule has 1 saturated carbocycles. The lowest BCUT2D eigenvalue weighted by Gasteiger charge is -2.48. The van der Waals surface area contributed by atoms with Gasteiger partial charge in [-0.2, -0.15) is 0 Å². The first-order chi connectivity index (χ1) is 8.72. The fourth-order valence-corrected chi connectivity index (χ4v) is 3.36. The zero-order valence-electron chi connectivity index (χ0n) is 10.8. The van der Waals surface area contributed by atoms with Gasteiger partial charge in [-0.05, 0) is 44.4 Å². The van der Waals surface area contributed by atoms with Crippen molar-refractivity contribution in [2.75, 3.05) is 6.54 Å². The Bertz CT molecular complexity index is 442. The molecule has 1 unspecified atom stereocenters. The molecule has 3 heteroatoms. The second kappa shape index (κ2) is 4.86. The average Bonchev–Trinajstić information content (AvgIpc) is 2.33. The van der Waals surface area contributed by atoms with E-state index in [0.717, 1.165) is 23.2 Å². The minimum atomic E-state index is 0.124. The molecular weight excluding hydrogens is 290 g/mol. The minimum absolute atomic E-state index is 0.124. The molecule has 1 aromatic carbocycles. The molecule has 1 fully saturated rings. The van der Waals surface area contributed by atoms with Crippen molar-refractivity contribution >= 4 is 15.9 Å². The lowest BCUT2D eigenvalue weighted by Crippen LogP contribution is -2.49. The molecular formula is C15H20BrNO. The van der Waals surface area contributed by atoms with Crippen LogP contribution in [0.15, 0.2) is 22.7 Å². The van der Waals surface area contributed by atoms with Crippen LogP contribution in [0.3, 0.4) is 0 Å². The maximum atomic E-state index is 6.28. The fourth-order valence-electron chi connectivity index (χ4n) is 3.02. The fraction of sp³-hybridized carbons (Fsp3) is 0.600. The largest absolute Gasteiger partial charge is 0.487 e. The summed E-state index contributed by atoms with van der Waals surface area (Å²) in [4.78, 5) is 0. The van der Waals surface area contributed by atoms with Crippen molar-refractivity contribution < 1.29 is 4.74 Å². The molecule has 1 atom stereocenters. The van der Waals surface area contributed by atoms with Crippen LogP contribution in [0.2, 0.25) is 0 Å². The zero-order valence-corrected chi connectivity index (χ0v) is 12.4. The van der Waals surface area contributed by atoms with E-state index in [9.17, 15) is 0 Å². The summed E-state index contributed by atoms with van der Waals surface area (Å²) >= 11 is 3.54. The number of nitrogens with one attached hydrogen (secondary N) is 1. The summed E-state index contributed by atoms with van der Waals surface area (Å²) < 4.78 is 7.38. The SMILES string of the molecule is CCCNC1CC2(CCC2)Oc2cc(Br)ccc21.